The van der Waals surface area contributed by atoms with Crippen LogP contribution in [0.5, 0.6) is 0 Å². The lowest BCUT2D eigenvalue weighted by atomic mass is 10.1. The quantitative estimate of drug-likeness (QED) is 0.730. The van der Waals surface area contributed by atoms with Gasteiger partial charge in [0, 0.05) is 44.6 Å². The minimum absolute atomic E-state index is 0.0369. The van der Waals surface area contributed by atoms with Gasteiger partial charge in [0.2, 0.25) is 0 Å². The van der Waals surface area contributed by atoms with Gasteiger partial charge in [-0.05, 0) is 56.6 Å². The number of urea groups is 1. The van der Waals surface area contributed by atoms with E-state index in [1.807, 2.05) is 53.1 Å². The number of benzene rings is 1. The Morgan fingerprint density at radius 1 is 0.968 bits per heavy atom. The highest BCUT2D eigenvalue weighted by Crippen LogP contribution is 2.31. The SMILES string of the molecule is Cc1ccccc1-c1ccc(C(=O)N(C)[C@H]2CCN(C(=O)N(C)[C@@H]3CCN(C)C3)C2)s1. The first-order valence-corrected chi connectivity index (χ1v) is 11.8. The van der Waals surface area contributed by atoms with E-state index in [0.717, 1.165) is 35.7 Å². The third-order valence-corrected chi connectivity index (χ3v) is 7.85. The van der Waals surface area contributed by atoms with Gasteiger partial charge in [0.15, 0.2) is 0 Å². The molecule has 0 aliphatic carbocycles. The average molecular weight is 441 g/mol. The number of nitrogens with zero attached hydrogens (tertiary/aromatic N) is 4. The van der Waals surface area contributed by atoms with Crippen LogP contribution in [0.25, 0.3) is 10.4 Å². The molecular formula is C24H32N4O2S. The van der Waals surface area contributed by atoms with E-state index in [1.165, 1.54) is 22.5 Å². The summed E-state index contributed by atoms with van der Waals surface area (Å²) in [6.45, 7) is 5.36. The Labute approximate surface area is 189 Å². The lowest BCUT2D eigenvalue weighted by molar-refractivity contribution is 0.0739. The zero-order chi connectivity index (χ0) is 22.1. The van der Waals surface area contributed by atoms with Crippen molar-refractivity contribution in [3.63, 3.8) is 0 Å². The van der Waals surface area contributed by atoms with Crippen molar-refractivity contribution in [3.8, 4) is 10.4 Å². The van der Waals surface area contributed by atoms with Crippen LogP contribution in [0.4, 0.5) is 4.79 Å². The number of aryl methyl sites for hydroxylation is 1. The van der Waals surface area contributed by atoms with E-state index in [0.29, 0.717) is 13.1 Å². The molecule has 4 rings (SSSR count). The fourth-order valence-corrected chi connectivity index (χ4v) is 5.70. The molecule has 0 N–H and O–H groups in total. The van der Waals surface area contributed by atoms with Gasteiger partial charge in [-0.15, -0.1) is 11.3 Å². The molecule has 1 aromatic heterocycles. The molecule has 31 heavy (non-hydrogen) atoms. The van der Waals surface area contributed by atoms with E-state index in [4.69, 9.17) is 0 Å². The van der Waals surface area contributed by atoms with E-state index in [1.54, 1.807) is 0 Å². The van der Waals surface area contributed by atoms with Crippen molar-refractivity contribution in [3.05, 3.63) is 46.8 Å². The Kier molecular flexibility index (Phi) is 6.34. The molecule has 2 fully saturated rings. The Hall–Kier alpha value is -2.38. The van der Waals surface area contributed by atoms with Gasteiger partial charge in [-0.3, -0.25) is 4.79 Å². The van der Waals surface area contributed by atoms with Gasteiger partial charge in [-0.25, -0.2) is 4.79 Å². The summed E-state index contributed by atoms with van der Waals surface area (Å²) >= 11 is 1.54. The van der Waals surface area contributed by atoms with Crippen LogP contribution in [0.15, 0.2) is 36.4 Å². The monoisotopic (exact) mass is 440 g/mol. The Bertz CT molecular complexity index is 959. The van der Waals surface area contributed by atoms with Crippen LogP contribution in [0.2, 0.25) is 0 Å². The van der Waals surface area contributed by atoms with Crippen molar-refractivity contribution >= 4 is 23.3 Å². The van der Waals surface area contributed by atoms with E-state index < -0.39 is 0 Å². The smallest absolute Gasteiger partial charge is 0.320 e. The summed E-state index contributed by atoms with van der Waals surface area (Å²) in [5.41, 5.74) is 2.38. The molecule has 2 aliphatic heterocycles. The summed E-state index contributed by atoms with van der Waals surface area (Å²) in [5.74, 6) is 0.0369. The molecule has 6 nitrogen and oxygen atoms in total. The Morgan fingerprint density at radius 3 is 2.39 bits per heavy atom. The highest BCUT2D eigenvalue weighted by Gasteiger charge is 2.35. The van der Waals surface area contributed by atoms with Crippen molar-refractivity contribution in [2.45, 2.75) is 31.8 Å². The molecule has 166 valence electrons. The molecule has 2 aliphatic rings. The van der Waals surface area contributed by atoms with Crippen molar-refractivity contribution in [2.75, 3.05) is 47.3 Å². The second-order valence-corrected chi connectivity index (χ2v) is 9.97. The molecule has 7 heteroatoms. The lowest BCUT2D eigenvalue weighted by Crippen LogP contribution is -2.47. The molecule has 3 amide bonds. The number of carbonyl (C=O) groups is 2. The number of hydrogen-bond acceptors (Lipinski definition) is 4. The van der Waals surface area contributed by atoms with Gasteiger partial charge in [-0.2, -0.15) is 0 Å². The minimum Gasteiger partial charge on any atom is -0.336 e. The van der Waals surface area contributed by atoms with Crippen LogP contribution in [0, 0.1) is 6.92 Å². The van der Waals surface area contributed by atoms with Gasteiger partial charge in [-0.1, -0.05) is 24.3 Å². The molecular weight excluding hydrogens is 408 g/mol. The van der Waals surface area contributed by atoms with E-state index in [2.05, 4.69) is 31.0 Å². The third-order valence-electron chi connectivity index (χ3n) is 6.75. The first-order chi connectivity index (χ1) is 14.8. The molecule has 0 radical (unpaired) electrons. The fraction of sp³-hybridized carbons (Fsp3) is 0.500. The highest BCUT2D eigenvalue weighted by atomic mass is 32.1. The van der Waals surface area contributed by atoms with Crippen molar-refractivity contribution in [1.82, 2.24) is 19.6 Å². The molecule has 2 saturated heterocycles. The summed E-state index contributed by atoms with van der Waals surface area (Å²) < 4.78 is 0. The molecule has 0 unspecified atom stereocenters. The van der Waals surface area contributed by atoms with Crippen molar-refractivity contribution in [2.24, 2.45) is 0 Å². The largest absolute Gasteiger partial charge is 0.336 e. The molecule has 2 atom stereocenters. The van der Waals surface area contributed by atoms with Crippen LogP contribution in [-0.2, 0) is 0 Å². The molecule has 3 heterocycles. The minimum atomic E-state index is 0.0369. The number of thiophene rings is 1. The van der Waals surface area contributed by atoms with Crippen LogP contribution in [-0.4, -0.2) is 90.9 Å². The van der Waals surface area contributed by atoms with Gasteiger partial charge in [0.05, 0.1) is 10.9 Å². The van der Waals surface area contributed by atoms with Crippen LogP contribution in [0.3, 0.4) is 0 Å². The number of rotatable bonds is 4. The molecule has 1 aromatic carbocycles. The number of carbonyl (C=O) groups excluding carboxylic acids is 2. The Morgan fingerprint density at radius 2 is 1.68 bits per heavy atom. The van der Waals surface area contributed by atoms with Crippen LogP contribution in [0.1, 0.15) is 28.1 Å². The zero-order valence-electron chi connectivity index (χ0n) is 18.9. The summed E-state index contributed by atoms with van der Waals surface area (Å²) in [6, 6.07) is 12.6. The molecule has 2 aromatic rings. The van der Waals surface area contributed by atoms with E-state index in [-0.39, 0.29) is 24.0 Å². The summed E-state index contributed by atoms with van der Waals surface area (Å²) in [6.07, 6.45) is 1.85. The first-order valence-electron chi connectivity index (χ1n) is 11.0. The molecule has 0 spiro atoms. The predicted molar refractivity (Wildman–Crippen MR) is 126 cm³/mol. The van der Waals surface area contributed by atoms with E-state index in [9.17, 15) is 9.59 Å². The topological polar surface area (TPSA) is 47.1 Å². The van der Waals surface area contributed by atoms with Gasteiger partial charge >= 0.3 is 6.03 Å². The number of likely N-dealkylation sites (tertiary alicyclic amines) is 2. The number of amides is 3. The van der Waals surface area contributed by atoms with Crippen LogP contribution < -0.4 is 0 Å². The second kappa shape index (κ2) is 9.01. The second-order valence-electron chi connectivity index (χ2n) is 8.88. The standard InChI is InChI=1S/C24H32N4O2S/c1-17-7-5-6-8-20(17)21-9-10-22(31-21)23(29)26(3)19-12-14-28(16-19)24(30)27(4)18-11-13-25(2)15-18/h5-10,18-19H,11-16H2,1-4H3/t18-,19+/m1/s1. The van der Waals surface area contributed by atoms with Crippen LogP contribution >= 0.6 is 11.3 Å². The molecule has 0 bridgehead atoms. The summed E-state index contributed by atoms with van der Waals surface area (Å²) in [7, 11) is 5.87. The highest BCUT2D eigenvalue weighted by molar-refractivity contribution is 7.17. The van der Waals surface area contributed by atoms with Gasteiger partial charge in [0.25, 0.3) is 5.91 Å². The number of hydrogen-bond donors (Lipinski definition) is 0. The number of likely N-dealkylation sites (N-methyl/N-ethyl adjacent to an activating group) is 3. The Balaban J connectivity index is 1.38. The normalized spacial score (nSPS) is 21.5. The molecule has 0 saturated carbocycles. The predicted octanol–water partition coefficient (Wildman–Crippen LogP) is 3.63. The maximum atomic E-state index is 13.1. The average Bonchev–Trinajstić information content (AvgIpc) is 3.52. The zero-order valence-corrected chi connectivity index (χ0v) is 19.7. The van der Waals surface area contributed by atoms with Gasteiger partial charge in [0.1, 0.15) is 0 Å². The third kappa shape index (κ3) is 4.48. The lowest BCUT2D eigenvalue weighted by Gasteiger charge is -2.30. The summed E-state index contributed by atoms with van der Waals surface area (Å²) in [5, 5.41) is 0. The maximum absolute atomic E-state index is 13.1. The summed E-state index contributed by atoms with van der Waals surface area (Å²) in [4.78, 5) is 35.8. The maximum Gasteiger partial charge on any atom is 0.320 e. The van der Waals surface area contributed by atoms with Crippen molar-refractivity contribution in [1.29, 1.82) is 0 Å². The van der Waals surface area contributed by atoms with E-state index >= 15 is 0 Å². The van der Waals surface area contributed by atoms with Crippen molar-refractivity contribution < 1.29 is 9.59 Å². The fourth-order valence-electron chi connectivity index (χ4n) is 4.63. The first kappa shape index (κ1) is 21.8. The van der Waals surface area contributed by atoms with Gasteiger partial charge < -0.3 is 19.6 Å².